The monoisotopic (exact) mass is 241 g/mol. The maximum Gasteiger partial charge on any atom is 0.161 e. The molecule has 0 saturated heterocycles. The predicted octanol–water partition coefficient (Wildman–Crippen LogP) is 1.77. The maximum atomic E-state index is 13.0. The SMILES string of the molecule is CCC(Nc1ccc(F)cc1OC)C(N)=NO. The standard InChI is InChI=1S/C11H16FN3O2/c1-3-8(11(13)15-16)14-9-5-4-7(12)6-10(9)17-2/h4-6,8,14,16H,3H2,1-2H3,(H2,13,15). The van der Waals surface area contributed by atoms with Gasteiger partial charge in [0.2, 0.25) is 0 Å². The molecule has 1 aromatic rings. The Morgan fingerprint density at radius 1 is 1.65 bits per heavy atom. The molecule has 94 valence electrons. The third-order valence-corrected chi connectivity index (χ3v) is 2.37. The van der Waals surface area contributed by atoms with Crippen molar-refractivity contribution in [3.05, 3.63) is 24.0 Å². The van der Waals surface area contributed by atoms with Crippen LogP contribution in [0.25, 0.3) is 0 Å². The Morgan fingerprint density at radius 3 is 2.88 bits per heavy atom. The first kappa shape index (κ1) is 13.1. The van der Waals surface area contributed by atoms with E-state index in [1.807, 2.05) is 6.92 Å². The molecule has 0 amide bonds. The van der Waals surface area contributed by atoms with Crippen LogP contribution in [0.4, 0.5) is 10.1 Å². The number of benzene rings is 1. The number of nitrogens with one attached hydrogen (secondary N) is 1. The molecule has 17 heavy (non-hydrogen) atoms. The van der Waals surface area contributed by atoms with Gasteiger partial charge in [-0.05, 0) is 18.6 Å². The third kappa shape index (κ3) is 3.24. The van der Waals surface area contributed by atoms with E-state index in [2.05, 4.69) is 10.5 Å². The minimum absolute atomic E-state index is 0.0684. The van der Waals surface area contributed by atoms with Crippen molar-refractivity contribution in [2.75, 3.05) is 12.4 Å². The lowest BCUT2D eigenvalue weighted by Gasteiger charge is -2.18. The second-order valence-electron chi connectivity index (χ2n) is 3.47. The van der Waals surface area contributed by atoms with Crippen LogP contribution in [0.15, 0.2) is 23.4 Å². The molecule has 0 bridgehead atoms. The van der Waals surface area contributed by atoms with Crippen LogP contribution in [0, 0.1) is 5.82 Å². The van der Waals surface area contributed by atoms with Gasteiger partial charge in [-0.2, -0.15) is 0 Å². The zero-order valence-corrected chi connectivity index (χ0v) is 9.77. The molecule has 0 aliphatic rings. The van der Waals surface area contributed by atoms with Gasteiger partial charge in [-0.1, -0.05) is 12.1 Å². The lowest BCUT2D eigenvalue weighted by atomic mass is 10.2. The normalized spacial score (nSPS) is 13.2. The Hall–Kier alpha value is -1.98. The molecule has 1 atom stereocenters. The molecular formula is C11H16FN3O2. The van der Waals surface area contributed by atoms with E-state index < -0.39 is 0 Å². The van der Waals surface area contributed by atoms with Crippen molar-refractivity contribution in [1.82, 2.24) is 0 Å². The van der Waals surface area contributed by atoms with Gasteiger partial charge in [0.15, 0.2) is 5.84 Å². The average Bonchev–Trinajstić information content (AvgIpc) is 2.36. The lowest BCUT2D eigenvalue weighted by Crippen LogP contribution is -2.35. The summed E-state index contributed by atoms with van der Waals surface area (Å²) in [6.45, 7) is 1.88. The van der Waals surface area contributed by atoms with Gasteiger partial charge in [0.05, 0.1) is 18.8 Å². The quantitative estimate of drug-likeness (QED) is 0.317. The van der Waals surface area contributed by atoms with Gasteiger partial charge in [0.1, 0.15) is 11.6 Å². The molecule has 0 radical (unpaired) electrons. The van der Waals surface area contributed by atoms with Gasteiger partial charge in [0, 0.05) is 6.07 Å². The van der Waals surface area contributed by atoms with Crippen LogP contribution in [0.3, 0.4) is 0 Å². The number of oxime groups is 1. The topological polar surface area (TPSA) is 79.9 Å². The number of rotatable bonds is 5. The number of hydrogen-bond acceptors (Lipinski definition) is 4. The fraction of sp³-hybridized carbons (Fsp3) is 0.364. The van der Waals surface area contributed by atoms with Gasteiger partial charge in [-0.15, -0.1) is 0 Å². The highest BCUT2D eigenvalue weighted by atomic mass is 19.1. The molecule has 0 aromatic heterocycles. The lowest BCUT2D eigenvalue weighted by molar-refractivity contribution is 0.316. The van der Waals surface area contributed by atoms with Crippen LogP contribution in [0.5, 0.6) is 5.75 Å². The van der Waals surface area contributed by atoms with E-state index in [0.717, 1.165) is 0 Å². The molecule has 0 spiro atoms. The molecular weight excluding hydrogens is 225 g/mol. The van der Waals surface area contributed by atoms with E-state index in [0.29, 0.717) is 17.9 Å². The number of nitrogens with zero attached hydrogens (tertiary/aromatic N) is 1. The summed E-state index contributed by atoms with van der Waals surface area (Å²) in [4.78, 5) is 0. The van der Waals surface area contributed by atoms with Crippen molar-refractivity contribution in [3.63, 3.8) is 0 Å². The summed E-state index contributed by atoms with van der Waals surface area (Å²) >= 11 is 0. The second kappa shape index (κ2) is 5.93. The van der Waals surface area contributed by atoms with Crippen molar-refractivity contribution in [2.24, 2.45) is 10.9 Å². The highest BCUT2D eigenvalue weighted by molar-refractivity contribution is 5.88. The van der Waals surface area contributed by atoms with Gasteiger partial charge in [-0.3, -0.25) is 0 Å². The fourth-order valence-corrected chi connectivity index (χ4v) is 1.43. The first-order valence-corrected chi connectivity index (χ1v) is 5.19. The van der Waals surface area contributed by atoms with Crippen LogP contribution >= 0.6 is 0 Å². The van der Waals surface area contributed by atoms with Crippen molar-refractivity contribution in [3.8, 4) is 5.75 Å². The predicted molar refractivity (Wildman–Crippen MR) is 64.1 cm³/mol. The molecule has 0 aliphatic heterocycles. The van der Waals surface area contributed by atoms with Gasteiger partial charge < -0.3 is 21.0 Å². The van der Waals surface area contributed by atoms with Crippen LogP contribution in [-0.4, -0.2) is 24.2 Å². The van der Waals surface area contributed by atoms with Crippen molar-refractivity contribution < 1.29 is 14.3 Å². The molecule has 6 heteroatoms. The van der Waals surface area contributed by atoms with Gasteiger partial charge in [0.25, 0.3) is 0 Å². The molecule has 0 aliphatic carbocycles. The Labute approximate surface area is 99.1 Å². The molecule has 0 fully saturated rings. The highest BCUT2D eigenvalue weighted by Crippen LogP contribution is 2.25. The summed E-state index contributed by atoms with van der Waals surface area (Å²) in [6.07, 6.45) is 0.621. The van der Waals surface area contributed by atoms with Crippen LogP contribution in [0.1, 0.15) is 13.3 Å². The van der Waals surface area contributed by atoms with Crippen LogP contribution < -0.4 is 15.8 Å². The van der Waals surface area contributed by atoms with E-state index in [9.17, 15) is 4.39 Å². The minimum atomic E-state index is -0.385. The fourth-order valence-electron chi connectivity index (χ4n) is 1.43. The van der Waals surface area contributed by atoms with Crippen molar-refractivity contribution >= 4 is 11.5 Å². The Bertz CT molecular complexity index is 410. The van der Waals surface area contributed by atoms with Crippen LogP contribution in [-0.2, 0) is 0 Å². The van der Waals surface area contributed by atoms with Crippen LogP contribution in [0.2, 0.25) is 0 Å². The summed E-state index contributed by atoms with van der Waals surface area (Å²) < 4.78 is 18.0. The number of anilines is 1. The third-order valence-electron chi connectivity index (χ3n) is 2.37. The maximum absolute atomic E-state index is 13.0. The van der Waals surface area contributed by atoms with Crippen molar-refractivity contribution in [1.29, 1.82) is 0 Å². The Balaban J connectivity index is 2.93. The van der Waals surface area contributed by atoms with Gasteiger partial charge >= 0.3 is 0 Å². The number of amidine groups is 1. The Morgan fingerprint density at radius 2 is 2.35 bits per heavy atom. The summed E-state index contributed by atoms with van der Waals surface area (Å²) in [7, 11) is 1.45. The van der Waals surface area contributed by atoms with E-state index in [-0.39, 0.29) is 17.7 Å². The molecule has 1 unspecified atom stereocenters. The number of nitrogens with two attached hydrogens (primary N) is 1. The summed E-state index contributed by atoms with van der Waals surface area (Å²) in [5.74, 6) is 0.0531. The van der Waals surface area contributed by atoms with E-state index in [1.54, 1.807) is 6.07 Å². The Kier molecular flexibility index (Phi) is 4.56. The average molecular weight is 241 g/mol. The van der Waals surface area contributed by atoms with E-state index >= 15 is 0 Å². The minimum Gasteiger partial charge on any atom is -0.494 e. The number of ether oxygens (including phenoxy) is 1. The smallest absolute Gasteiger partial charge is 0.161 e. The van der Waals surface area contributed by atoms with Crippen molar-refractivity contribution in [2.45, 2.75) is 19.4 Å². The van der Waals surface area contributed by atoms with E-state index in [4.69, 9.17) is 15.7 Å². The molecule has 0 heterocycles. The summed E-state index contributed by atoms with van der Waals surface area (Å²) in [6, 6.07) is 3.78. The van der Waals surface area contributed by atoms with Gasteiger partial charge in [-0.25, -0.2) is 4.39 Å². The molecule has 0 saturated carbocycles. The number of methoxy groups -OCH3 is 1. The summed E-state index contributed by atoms with van der Waals surface area (Å²) in [5, 5.41) is 14.6. The molecule has 1 aromatic carbocycles. The molecule has 4 N–H and O–H groups in total. The first-order valence-electron chi connectivity index (χ1n) is 5.19. The molecule has 1 rings (SSSR count). The molecule has 5 nitrogen and oxygen atoms in total. The first-order chi connectivity index (χ1) is 8.12. The second-order valence-corrected chi connectivity index (χ2v) is 3.47. The summed E-state index contributed by atoms with van der Waals surface area (Å²) in [5.41, 5.74) is 6.11. The number of halogens is 1. The highest BCUT2D eigenvalue weighted by Gasteiger charge is 2.14. The zero-order chi connectivity index (χ0) is 12.8. The van der Waals surface area contributed by atoms with E-state index in [1.165, 1.54) is 19.2 Å². The number of hydrogen-bond donors (Lipinski definition) is 3. The zero-order valence-electron chi connectivity index (χ0n) is 9.77. The largest absolute Gasteiger partial charge is 0.494 e.